The third kappa shape index (κ3) is 4.38. The zero-order valence-corrected chi connectivity index (χ0v) is 18.8. The third-order valence-electron chi connectivity index (χ3n) is 4.67. The average Bonchev–Trinajstić information content (AvgIpc) is 3.11. The average molecular weight is 427 g/mol. The number of nitrogens with zero attached hydrogens (tertiary/aromatic N) is 3. The van der Waals surface area contributed by atoms with E-state index < -0.39 is 0 Å². The summed E-state index contributed by atoms with van der Waals surface area (Å²) in [6, 6.07) is 11.9. The van der Waals surface area contributed by atoms with Crippen LogP contribution in [0, 0.1) is 4.77 Å². The molecule has 0 bridgehead atoms. The van der Waals surface area contributed by atoms with Crippen molar-refractivity contribution in [3.63, 3.8) is 0 Å². The van der Waals surface area contributed by atoms with Crippen LogP contribution in [-0.4, -0.2) is 42.4 Å². The molecule has 7 nitrogen and oxygen atoms in total. The molecule has 0 amide bonds. The van der Waals surface area contributed by atoms with Gasteiger partial charge in [0.25, 0.3) is 0 Å². The van der Waals surface area contributed by atoms with E-state index in [-0.39, 0.29) is 5.41 Å². The van der Waals surface area contributed by atoms with Crippen molar-refractivity contribution in [2.75, 3.05) is 21.3 Å². The predicted molar refractivity (Wildman–Crippen MR) is 121 cm³/mol. The lowest BCUT2D eigenvalue weighted by Gasteiger charge is -2.18. The molecule has 0 saturated heterocycles. The van der Waals surface area contributed by atoms with Gasteiger partial charge in [-0.1, -0.05) is 45.0 Å². The summed E-state index contributed by atoms with van der Waals surface area (Å²) in [7, 11) is 4.71. The summed E-state index contributed by atoms with van der Waals surface area (Å²) >= 11 is 5.37. The molecule has 1 N–H and O–H groups in total. The fraction of sp³-hybridized carbons (Fsp3) is 0.318. The number of hydrogen-bond donors (Lipinski definition) is 1. The first kappa shape index (κ1) is 21.6. The Labute approximate surface area is 181 Å². The summed E-state index contributed by atoms with van der Waals surface area (Å²) in [5, 5.41) is 11.7. The standard InChI is InChI=1S/C22H26N4O3S/c1-22(2,3)16-9-7-15(8-10-16)20-24-25-21(30)26(20)23-13-14-11-17(27-4)19(29-6)18(12-14)28-5/h7-13H,1-6H3,(H,25,30)/b23-13+. The normalized spacial score (nSPS) is 11.7. The molecule has 3 aromatic rings. The molecular formula is C22H26N4O3S. The molecular weight excluding hydrogens is 400 g/mol. The SMILES string of the molecule is COc1cc(/C=N/n2c(-c3ccc(C(C)(C)C)cc3)n[nH]c2=S)cc(OC)c1OC. The molecule has 0 saturated carbocycles. The Bertz CT molecular complexity index is 1080. The number of aromatic nitrogens is 3. The molecule has 1 aromatic heterocycles. The van der Waals surface area contributed by atoms with E-state index in [2.05, 4.69) is 48.2 Å². The zero-order chi connectivity index (χ0) is 21.9. The molecule has 0 atom stereocenters. The first-order valence-corrected chi connectivity index (χ1v) is 9.82. The van der Waals surface area contributed by atoms with Crippen LogP contribution in [0.4, 0.5) is 0 Å². The molecule has 8 heteroatoms. The van der Waals surface area contributed by atoms with E-state index >= 15 is 0 Å². The molecule has 0 aliphatic rings. The highest BCUT2D eigenvalue weighted by atomic mass is 32.1. The van der Waals surface area contributed by atoms with E-state index in [0.717, 1.165) is 11.1 Å². The van der Waals surface area contributed by atoms with Crippen molar-refractivity contribution in [2.24, 2.45) is 5.10 Å². The van der Waals surface area contributed by atoms with Gasteiger partial charge >= 0.3 is 0 Å². The number of benzene rings is 2. The summed E-state index contributed by atoms with van der Waals surface area (Å²) in [6.07, 6.45) is 1.67. The van der Waals surface area contributed by atoms with Gasteiger partial charge in [0, 0.05) is 11.1 Å². The number of ether oxygens (including phenoxy) is 3. The molecule has 0 aliphatic heterocycles. The van der Waals surface area contributed by atoms with Crippen molar-refractivity contribution in [1.29, 1.82) is 0 Å². The van der Waals surface area contributed by atoms with Gasteiger partial charge in [0.05, 0.1) is 27.5 Å². The van der Waals surface area contributed by atoms with Crippen molar-refractivity contribution < 1.29 is 14.2 Å². The lowest BCUT2D eigenvalue weighted by molar-refractivity contribution is 0.324. The molecule has 0 fully saturated rings. The Balaban J connectivity index is 1.98. The second kappa shape index (κ2) is 8.71. The molecule has 0 unspecified atom stereocenters. The fourth-order valence-electron chi connectivity index (χ4n) is 3.01. The molecule has 1 heterocycles. The highest BCUT2D eigenvalue weighted by Crippen LogP contribution is 2.37. The van der Waals surface area contributed by atoms with Crippen LogP contribution >= 0.6 is 12.2 Å². The van der Waals surface area contributed by atoms with Gasteiger partial charge in [0.1, 0.15) is 0 Å². The molecule has 3 rings (SSSR count). The van der Waals surface area contributed by atoms with Crippen LogP contribution in [0.2, 0.25) is 0 Å². The smallest absolute Gasteiger partial charge is 0.216 e. The molecule has 30 heavy (non-hydrogen) atoms. The summed E-state index contributed by atoms with van der Waals surface area (Å²) < 4.78 is 18.1. The van der Waals surface area contributed by atoms with E-state index in [1.54, 1.807) is 32.2 Å². The van der Waals surface area contributed by atoms with Crippen LogP contribution in [0.5, 0.6) is 17.2 Å². The van der Waals surface area contributed by atoms with Gasteiger partial charge in [-0.3, -0.25) is 0 Å². The Morgan fingerprint density at radius 3 is 2.10 bits per heavy atom. The highest BCUT2D eigenvalue weighted by molar-refractivity contribution is 7.71. The van der Waals surface area contributed by atoms with Crippen molar-refractivity contribution in [1.82, 2.24) is 14.9 Å². The number of methoxy groups -OCH3 is 3. The van der Waals surface area contributed by atoms with Gasteiger partial charge < -0.3 is 14.2 Å². The Morgan fingerprint density at radius 1 is 1.00 bits per heavy atom. The maximum atomic E-state index is 5.40. The molecule has 0 spiro atoms. The molecule has 0 radical (unpaired) electrons. The van der Waals surface area contributed by atoms with Crippen molar-refractivity contribution in [2.45, 2.75) is 26.2 Å². The van der Waals surface area contributed by atoms with Crippen LogP contribution in [0.3, 0.4) is 0 Å². The quantitative estimate of drug-likeness (QED) is 0.452. The van der Waals surface area contributed by atoms with Gasteiger partial charge in [-0.05, 0) is 35.3 Å². The highest BCUT2D eigenvalue weighted by Gasteiger charge is 2.15. The second-order valence-electron chi connectivity index (χ2n) is 7.69. The minimum absolute atomic E-state index is 0.0773. The van der Waals surface area contributed by atoms with E-state index in [4.69, 9.17) is 26.4 Å². The summed E-state index contributed by atoms with van der Waals surface area (Å²) in [6.45, 7) is 6.54. The molecule has 2 aromatic carbocycles. The minimum atomic E-state index is 0.0773. The number of aromatic amines is 1. The summed E-state index contributed by atoms with van der Waals surface area (Å²) in [4.78, 5) is 0. The minimum Gasteiger partial charge on any atom is -0.493 e. The molecule has 0 aliphatic carbocycles. The predicted octanol–water partition coefficient (Wildman–Crippen LogP) is 4.81. The lowest BCUT2D eigenvalue weighted by atomic mass is 9.87. The number of H-pyrrole nitrogens is 1. The van der Waals surface area contributed by atoms with Crippen LogP contribution in [-0.2, 0) is 5.41 Å². The zero-order valence-electron chi connectivity index (χ0n) is 18.0. The first-order valence-electron chi connectivity index (χ1n) is 9.41. The van der Waals surface area contributed by atoms with Crippen molar-refractivity contribution in [3.8, 4) is 28.6 Å². The van der Waals surface area contributed by atoms with E-state index in [1.165, 1.54) is 5.56 Å². The van der Waals surface area contributed by atoms with Crippen LogP contribution < -0.4 is 14.2 Å². The first-order chi connectivity index (χ1) is 14.3. The Morgan fingerprint density at radius 2 is 1.60 bits per heavy atom. The lowest BCUT2D eigenvalue weighted by Crippen LogP contribution is -2.10. The summed E-state index contributed by atoms with van der Waals surface area (Å²) in [5.41, 5.74) is 3.00. The van der Waals surface area contributed by atoms with Gasteiger partial charge in [-0.25, -0.2) is 5.10 Å². The van der Waals surface area contributed by atoms with Gasteiger partial charge in [-0.2, -0.15) is 14.9 Å². The number of nitrogens with one attached hydrogen (secondary N) is 1. The van der Waals surface area contributed by atoms with Gasteiger partial charge in [0.15, 0.2) is 17.3 Å². The van der Waals surface area contributed by atoms with E-state index in [1.807, 2.05) is 24.3 Å². The number of hydrogen-bond acceptors (Lipinski definition) is 6. The van der Waals surface area contributed by atoms with Crippen molar-refractivity contribution in [3.05, 3.63) is 52.3 Å². The van der Waals surface area contributed by atoms with Crippen LogP contribution in [0.15, 0.2) is 41.5 Å². The molecule has 158 valence electrons. The largest absolute Gasteiger partial charge is 0.493 e. The summed E-state index contributed by atoms with van der Waals surface area (Å²) in [5.74, 6) is 2.25. The van der Waals surface area contributed by atoms with Crippen molar-refractivity contribution >= 4 is 18.4 Å². The van der Waals surface area contributed by atoms with Crippen LogP contribution in [0.25, 0.3) is 11.4 Å². The van der Waals surface area contributed by atoms with E-state index in [0.29, 0.717) is 27.8 Å². The van der Waals surface area contributed by atoms with E-state index in [9.17, 15) is 0 Å². The maximum Gasteiger partial charge on any atom is 0.216 e. The maximum absolute atomic E-state index is 5.40. The second-order valence-corrected chi connectivity index (χ2v) is 8.08. The van der Waals surface area contributed by atoms with Gasteiger partial charge in [-0.15, -0.1) is 0 Å². The number of rotatable bonds is 6. The topological polar surface area (TPSA) is 73.7 Å². The fourth-order valence-corrected chi connectivity index (χ4v) is 3.18. The third-order valence-corrected chi connectivity index (χ3v) is 4.93. The van der Waals surface area contributed by atoms with Crippen LogP contribution in [0.1, 0.15) is 31.9 Å². The Hall–Kier alpha value is -3.13. The Kier molecular flexibility index (Phi) is 6.26. The van der Waals surface area contributed by atoms with Gasteiger partial charge in [0.2, 0.25) is 10.5 Å². The monoisotopic (exact) mass is 426 g/mol.